The fraction of sp³-hybridized carbons (Fsp3) is 0.100. The standard InChI is InChI=1S/C30H25ClN2O/c31-26-17-22(30(34)27(32)18-23-19-33-28-14-8-7-13-24(23)28)15-16-25(26)29(20-9-3-1-4-10-20)21-11-5-2-6-12-21/h1-17,19,27,29,33H,18,32H2/t27-/m0/s1. The first-order chi connectivity index (χ1) is 16.6. The summed E-state index contributed by atoms with van der Waals surface area (Å²) in [4.78, 5) is 16.4. The predicted molar refractivity (Wildman–Crippen MR) is 140 cm³/mol. The molecule has 0 aliphatic rings. The Morgan fingerprint density at radius 1 is 0.824 bits per heavy atom. The molecule has 0 aliphatic carbocycles. The van der Waals surface area contributed by atoms with Gasteiger partial charge in [0.15, 0.2) is 5.78 Å². The first-order valence-electron chi connectivity index (χ1n) is 11.4. The van der Waals surface area contributed by atoms with Crippen LogP contribution in [0.3, 0.4) is 0 Å². The van der Waals surface area contributed by atoms with Crippen molar-refractivity contribution in [3.05, 3.63) is 142 Å². The van der Waals surface area contributed by atoms with E-state index in [1.807, 2.05) is 79.0 Å². The van der Waals surface area contributed by atoms with Crippen LogP contribution in [-0.4, -0.2) is 16.8 Å². The van der Waals surface area contributed by atoms with Gasteiger partial charge in [0, 0.05) is 33.6 Å². The molecule has 0 fully saturated rings. The first kappa shape index (κ1) is 22.1. The van der Waals surface area contributed by atoms with Crippen LogP contribution in [0.2, 0.25) is 5.02 Å². The molecule has 168 valence electrons. The average Bonchev–Trinajstić information content (AvgIpc) is 3.29. The Morgan fingerprint density at radius 2 is 1.44 bits per heavy atom. The van der Waals surface area contributed by atoms with Crippen molar-refractivity contribution in [2.24, 2.45) is 5.73 Å². The highest BCUT2D eigenvalue weighted by atomic mass is 35.5. The van der Waals surface area contributed by atoms with Crippen molar-refractivity contribution < 1.29 is 4.79 Å². The summed E-state index contributed by atoms with van der Waals surface area (Å²) in [5.41, 5.74) is 12.2. The van der Waals surface area contributed by atoms with Crippen molar-refractivity contribution in [3.8, 4) is 0 Å². The van der Waals surface area contributed by atoms with E-state index in [4.69, 9.17) is 17.3 Å². The van der Waals surface area contributed by atoms with Gasteiger partial charge < -0.3 is 10.7 Å². The third kappa shape index (κ3) is 4.41. The molecule has 4 heteroatoms. The van der Waals surface area contributed by atoms with E-state index < -0.39 is 6.04 Å². The minimum absolute atomic E-state index is 0.0288. The number of aromatic amines is 1. The zero-order valence-corrected chi connectivity index (χ0v) is 19.4. The van der Waals surface area contributed by atoms with Crippen molar-refractivity contribution >= 4 is 28.3 Å². The van der Waals surface area contributed by atoms with Gasteiger partial charge in [0.25, 0.3) is 0 Å². The summed E-state index contributed by atoms with van der Waals surface area (Å²) in [6, 6.07) is 33.5. The van der Waals surface area contributed by atoms with E-state index >= 15 is 0 Å². The Morgan fingerprint density at radius 3 is 2.09 bits per heavy atom. The molecule has 1 atom stereocenters. The van der Waals surface area contributed by atoms with Gasteiger partial charge in [0.05, 0.1) is 6.04 Å². The lowest BCUT2D eigenvalue weighted by molar-refractivity contribution is 0.0961. The number of hydrogen-bond donors (Lipinski definition) is 2. The summed E-state index contributed by atoms with van der Waals surface area (Å²) in [6.45, 7) is 0. The molecule has 1 heterocycles. The number of para-hydroxylation sites is 1. The van der Waals surface area contributed by atoms with Crippen LogP contribution in [0.15, 0.2) is 109 Å². The summed E-state index contributed by atoms with van der Waals surface area (Å²) in [7, 11) is 0. The Balaban J connectivity index is 1.43. The predicted octanol–water partition coefficient (Wildman–Crippen LogP) is 6.75. The van der Waals surface area contributed by atoms with Gasteiger partial charge in [-0.05, 0) is 40.8 Å². The lowest BCUT2D eigenvalue weighted by atomic mass is 9.84. The van der Waals surface area contributed by atoms with Crippen LogP contribution in [0.4, 0.5) is 0 Å². The Labute approximate surface area is 204 Å². The van der Waals surface area contributed by atoms with Gasteiger partial charge in [-0.15, -0.1) is 0 Å². The molecule has 3 N–H and O–H groups in total. The molecule has 0 radical (unpaired) electrons. The van der Waals surface area contributed by atoms with Gasteiger partial charge in [-0.1, -0.05) is 103 Å². The fourth-order valence-electron chi connectivity index (χ4n) is 4.60. The van der Waals surface area contributed by atoms with Gasteiger partial charge in [-0.25, -0.2) is 0 Å². The number of carbonyl (C=O) groups is 1. The molecule has 34 heavy (non-hydrogen) atoms. The maximum absolute atomic E-state index is 13.2. The van der Waals surface area contributed by atoms with Crippen LogP contribution in [0.25, 0.3) is 10.9 Å². The van der Waals surface area contributed by atoms with Gasteiger partial charge in [-0.3, -0.25) is 4.79 Å². The number of rotatable bonds is 7. The number of carbonyl (C=O) groups excluding carboxylic acids is 1. The molecule has 1 aromatic heterocycles. The van der Waals surface area contributed by atoms with E-state index in [1.54, 1.807) is 6.07 Å². The summed E-state index contributed by atoms with van der Waals surface area (Å²) in [6.07, 6.45) is 2.39. The van der Waals surface area contributed by atoms with Crippen LogP contribution in [0, 0.1) is 0 Å². The molecule has 0 saturated carbocycles. The third-order valence-electron chi connectivity index (χ3n) is 6.31. The lowest BCUT2D eigenvalue weighted by Gasteiger charge is -2.21. The number of fused-ring (bicyclic) bond motifs is 1. The number of ketones is 1. The smallest absolute Gasteiger partial charge is 0.179 e. The molecule has 0 unspecified atom stereocenters. The first-order valence-corrected chi connectivity index (χ1v) is 11.7. The number of nitrogens with one attached hydrogen (secondary N) is 1. The van der Waals surface area contributed by atoms with Gasteiger partial charge in [-0.2, -0.15) is 0 Å². The molecular formula is C30H25ClN2O. The van der Waals surface area contributed by atoms with E-state index in [9.17, 15) is 4.79 Å². The SMILES string of the molecule is N[C@@H](Cc1c[nH]c2ccccc12)C(=O)c1ccc(C(c2ccccc2)c2ccccc2)c(Cl)c1. The third-order valence-corrected chi connectivity index (χ3v) is 6.64. The van der Waals surface area contributed by atoms with Gasteiger partial charge in [0.2, 0.25) is 0 Å². The van der Waals surface area contributed by atoms with Crippen LogP contribution in [0.1, 0.15) is 38.5 Å². The minimum Gasteiger partial charge on any atom is -0.361 e. The Bertz CT molecular complexity index is 1390. The van der Waals surface area contributed by atoms with E-state index in [2.05, 4.69) is 29.2 Å². The highest BCUT2D eigenvalue weighted by Crippen LogP contribution is 2.36. The van der Waals surface area contributed by atoms with Gasteiger partial charge >= 0.3 is 0 Å². The Kier molecular flexibility index (Phi) is 6.31. The molecule has 0 spiro atoms. The number of Topliss-reactive ketones (excluding diaryl/α,β-unsaturated/α-hetero) is 1. The van der Waals surface area contributed by atoms with Crippen LogP contribution >= 0.6 is 11.6 Å². The number of halogens is 1. The molecule has 0 amide bonds. The fourth-order valence-corrected chi connectivity index (χ4v) is 4.89. The zero-order chi connectivity index (χ0) is 23.5. The Hall–Kier alpha value is -3.66. The van der Waals surface area contributed by atoms with Crippen molar-refractivity contribution in [2.45, 2.75) is 18.4 Å². The average molecular weight is 465 g/mol. The molecule has 5 rings (SSSR count). The van der Waals surface area contributed by atoms with E-state index in [0.717, 1.165) is 33.2 Å². The van der Waals surface area contributed by atoms with E-state index in [1.165, 1.54) is 0 Å². The van der Waals surface area contributed by atoms with Crippen LogP contribution < -0.4 is 5.73 Å². The van der Waals surface area contributed by atoms with Crippen LogP contribution in [0.5, 0.6) is 0 Å². The molecular weight excluding hydrogens is 440 g/mol. The molecule has 4 aromatic carbocycles. The summed E-state index contributed by atoms with van der Waals surface area (Å²) in [5, 5.41) is 1.65. The van der Waals surface area contributed by atoms with Crippen molar-refractivity contribution in [3.63, 3.8) is 0 Å². The summed E-state index contributed by atoms with van der Waals surface area (Å²) >= 11 is 6.80. The normalized spacial score (nSPS) is 12.2. The molecule has 0 saturated heterocycles. The lowest BCUT2D eigenvalue weighted by Crippen LogP contribution is -2.32. The highest BCUT2D eigenvalue weighted by molar-refractivity contribution is 6.32. The number of aromatic nitrogens is 1. The molecule has 5 aromatic rings. The zero-order valence-electron chi connectivity index (χ0n) is 18.6. The van der Waals surface area contributed by atoms with E-state index in [0.29, 0.717) is 17.0 Å². The second kappa shape index (κ2) is 9.68. The van der Waals surface area contributed by atoms with Crippen LogP contribution in [-0.2, 0) is 6.42 Å². The summed E-state index contributed by atoms with van der Waals surface area (Å²) < 4.78 is 0. The topological polar surface area (TPSA) is 58.9 Å². The monoisotopic (exact) mass is 464 g/mol. The summed E-state index contributed by atoms with van der Waals surface area (Å²) in [5.74, 6) is -0.145. The second-order valence-electron chi connectivity index (χ2n) is 8.53. The number of nitrogens with two attached hydrogens (primary N) is 1. The van der Waals surface area contributed by atoms with Crippen molar-refractivity contribution in [1.82, 2.24) is 4.98 Å². The largest absolute Gasteiger partial charge is 0.361 e. The molecule has 3 nitrogen and oxygen atoms in total. The maximum Gasteiger partial charge on any atom is 0.179 e. The number of H-pyrrole nitrogens is 1. The number of hydrogen-bond acceptors (Lipinski definition) is 2. The van der Waals surface area contributed by atoms with Gasteiger partial charge in [0.1, 0.15) is 0 Å². The van der Waals surface area contributed by atoms with Crippen molar-refractivity contribution in [1.29, 1.82) is 0 Å². The second-order valence-corrected chi connectivity index (χ2v) is 8.93. The molecule has 0 bridgehead atoms. The minimum atomic E-state index is -0.653. The quantitative estimate of drug-likeness (QED) is 0.206. The van der Waals surface area contributed by atoms with Crippen molar-refractivity contribution in [2.75, 3.05) is 0 Å². The number of benzene rings is 4. The maximum atomic E-state index is 13.2. The highest BCUT2D eigenvalue weighted by Gasteiger charge is 2.22. The van der Waals surface area contributed by atoms with E-state index in [-0.39, 0.29) is 11.7 Å². The molecule has 0 aliphatic heterocycles.